The molecule has 3 aromatic carbocycles. The summed E-state index contributed by atoms with van der Waals surface area (Å²) in [6.45, 7) is 11.0. The molecule has 1 unspecified atom stereocenters. The fourth-order valence-electron chi connectivity index (χ4n) is 5.07. The summed E-state index contributed by atoms with van der Waals surface area (Å²) in [4.78, 5) is 18.0. The second-order valence-corrected chi connectivity index (χ2v) is 10.1. The monoisotopic (exact) mass is 484 g/mol. The minimum Gasteiger partial charge on any atom is -0.324 e. The molecule has 0 bridgehead atoms. The van der Waals surface area contributed by atoms with Gasteiger partial charge in [-0.1, -0.05) is 85.3 Å². The summed E-state index contributed by atoms with van der Waals surface area (Å²) in [6.07, 6.45) is 0.871. The van der Waals surface area contributed by atoms with Crippen molar-refractivity contribution in [3.63, 3.8) is 0 Å². The number of rotatable bonds is 10. The molecule has 5 nitrogen and oxygen atoms in total. The molecule has 0 aromatic heterocycles. The van der Waals surface area contributed by atoms with Gasteiger partial charge in [0.2, 0.25) is 0 Å². The van der Waals surface area contributed by atoms with Crippen molar-refractivity contribution in [1.29, 1.82) is 0 Å². The largest absolute Gasteiger partial charge is 0.324 e. The van der Waals surface area contributed by atoms with E-state index in [1.54, 1.807) is 0 Å². The minimum absolute atomic E-state index is 0.0223. The van der Waals surface area contributed by atoms with Crippen LogP contribution in [0.5, 0.6) is 0 Å². The van der Waals surface area contributed by atoms with Crippen molar-refractivity contribution in [3.8, 4) is 0 Å². The van der Waals surface area contributed by atoms with Crippen LogP contribution in [-0.2, 0) is 0 Å². The number of hydrogen-bond acceptors (Lipinski definition) is 3. The van der Waals surface area contributed by atoms with E-state index >= 15 is 0 Å². The first-order valence-corrected chi connectivity index (χ1v) is 13.2. The van der Waals surface area contributed by atoms with E-state index in [1.165, 1.54) is 16.7 Å². The third-order valence-corrected chi connectivity index (χ3v) is 6.99. The Hall–Kier alpha value is -3.15. The Kier molecular flexibility index (Phi) is 9.54. The quantitative estimate of drug-likeness (QED) is 0.394. The molecule has 0 aliphatic carbocycles. The lowest BCUT2D eigenvalue weighted by atomic mass is 9.88. The zero-order valence-corrected chi connectivity index (χ0v) is 21.7. The van der Waals surface area contributed by atoms with Crippen molar-refractivity contribution >= 4 is 11.7 Å². The zero-order chi connectivity index (χ0) is 25.2. The molecular weight excluding hydrogens is 444 g/mol. The highest BCUT2D eigenvalue weighted by Crippen LogP contribution is 2.28. The van der Waals surface area contributed by atoms with Crippen LogP contribution >= 0.6 is 0 Å². The average molecular weight is 485 g/mol. The molecule has 1 saturated heterocycles. The van der Waals surface area contributed by atoms with Gasteiger partial charge in [0, 0.05) is 57.4 Å². The minimum atomic E-state index is -0.0223. The van der Waals surface area contributed by atoms with Gasteiger partial charge in [-0.15, -0.1) is 0 Å². The van der Waals surface area contributed by atoms with Crippen molar-refractivity contribution in [2.45, 2.75) is 26.2 Å². The summed E-state index contributed by atoms with van der Waals surface area (Å²) in [5.74, 6) is 0.629. The molecule has 2 N–H and O–H groups in total. The van der Waals surface area contributed by atoms with Crippen molar-refractivity contribution in [1.82, 2.24) is 15.1 Å². The van der Waals surface area contributed by atoms with E-state index < -0.39 is 0 Å². The van der Waals surface area contributed by atoms with Crippen LogP contribution in [0.1, 0.15) is 36.0 Å². The molecule has 4 rings (SSSR count). The summed E-state index contributed by atoms with van der Waals surface area (Å²) in [6, 6.07) is 29.3. The molecule has 190 valence electrons. The number of amides is 2. The lowest BCUT2D eigenvalue weighted by Gasteiger charge is -2.33. The second-order valence-electron chi connectivity index (χ2n) is 10.1. The third kappa shape index (κ3) is 7.67. The highest BCUT2D eigenvalue weighted by Gasteiger charge is 2.22. The Morgan fingerprint density at radius 3 is 2.08 bits per heavy atom. The van der Waals surface area contributed by atoms with Gasteiger partial charge in [-0.2, -0.15) is 0 Å². The molecule has 0 radical (unpaired) electrons. The van der Waals surface area contributed by atoms with E-state index in [0.717, 1.165) is 51.4 Å². The SMILES string of the molecule is Cc1ccc(NC(=O)N(CCC(c2ccccc2)c2ccccc2)CC(C)CN2CCNCC2)cc1. The maximum absolute atomic E-state index is 13.5. The number of aryl methyl sites for hydroxylation is 1. The van der Waals surface area contributed by atoms with Crippen LogP contribution in [0.3, 0.4) is 0 Å². The van der Waals surface area contributed by atoms with Crippen LogP contribution in [-0.4, -0.2) is 61.6 Å². The Morgan fingerprint density at radius 1 is 0.917 bits per heavy atom. The number of anilines is 1. The smallest absolute Gasteiger partial charge is 0.321 e. The van der Waals surface area contributed by atoms with Crippen LogP contribution in [0.25, 0.3) is 0 Å². The number of nitrogens with zero attached hydrogens (tertiary/aromatic N) is 2. The van der Waals surface area contributed by atoms with Crippen LogP contribution in [0.2, 0.25) is 0 Å². The topological polar surface area (TPSA) is 47.6 Å². The normalized spacial score (nSPS) is 15.0. The lowest BCUT2D eigenvalue weighted by molar-refractivity contribution is 0.172. The zero-order valence-electron chi connectivity index (χ0n) is 21.7. The van der Waals surface area contributed by atoms with Gasteiger partial charge in [0.25, 0.3) is 0 Å². The molecule has 5 heteroatoms. The molecule has 1 heterocycles. The van der Waals surface area contributed by atoms with Gasteiger partial charge in [-0.25, -0.2) is 4.79 Å². The Labute approximate surface area is 216 Å². The van der Waals surface area contributed by atoms with Gasteiger partial charge < -0.3 is 20.4 Å². The van der Waals surface area contributed by atoms with E-state index in [1.807, 2.05) is 29.2 Å². The van der Waals surface area contributed by atoms with Crippen molar-refractivity contribution in [2.75, 3.05) is 51.1 Å². The highest BCUT2D eigenvalue weighted by atomic mass is 16.2. The Balaban J connectivity index is 1.48. The number of carbonyl (C=O) groups is 1. The number of urea groups is 1. The van der Waals surface area contributed by atoms with Crippen LogP contribution < -0.4 is 10.6 Å². The fraction of sp³-hybridized carbons (Fsp3) is 0.387. The predicted molar refractivity (Wildman–Crippen MR) is 150 cm³/mol. The van der Waals surface area contributed by atoms with Gasteiger partial charge >= 0.3 is 6.03 Å². The third-order valence-electron chi connectivity index (χ3n) is 6.99. The standard InChI is InChI=1S/C31H40N4O/c1-25-13-15-29(16-14-25)33-31(36)35(24-26(2)23-34-21-18-32-19-22-34)20-17-30(27-9-5-3-6-10-27)28-11-7-4-8-12-28/h3-16,26,30,32H,17-24H2,1-2H3,(H,33,36). The first kappa shape index (κ1) is 25.9. The van der Waals surface area contributed by atoms with E-state index in [-0.39, 0.29) is 11.9 Å². The molecule has 36 heavy (non-hydrogen) atoms. The first-order valence-electron chi connectivity index (χ1n) is 13.2. The Morgan fingerprint density at radius 2 is 1.50 bits per heavy atom. The highest BCUT2D eigenvalue weighted by molar-refractivity contribution is 5.89. The summed E-state index contributed by atoms with van der Waals surface area (Å²) in [5, 5.41) is 6.57. The second kappa shape index (κ2) is 13.2. The molecular formula is C31H40N4O. The molecule has 1 atom stereocenters. The van der Waals surface area contributed by atoms with Crippen molar-refractivity contribution < 1.29 is 4.79 Å². The number of benzene rings is 3. The van der Waals surface area contributed by atoms with Gasteiger partial charge in [-0.05, 0) is 42.5 Å². The number of hydrogen-bond donors (Lipinski definition) is 2. The van der Waals surface area contributed by atoms with Gasteiger partial charge in [-0.3, -0.25) is 0 Å². The van der Waals surface area contributed by atoms with Gasteiger partial charge in [0.15, 0.2) is 0 Å². The van der Waals surface area contributed by atoms with E-state index in [0.29, 0.717) is 12.5 Å². The summed E-state index contributed by atoms with van der Waals surface area (Å²) < 4.78 is 0. The fourth-order valence-corrected chi connectivity index (χ4v) is 5.07. The van der Waals surface area contributed by atoms with Crippen LogP contribution in [0, 0.1) is 12.8 Å². The van der Waals surface area contributed by atoms with Crippen molar-refractivity contribution in [3.05, 3.63) is 102 Å². The van der Waals surface area contributed by atoms with E-state index in [9.17, 15) is 4.79 Å². The molecule has 1 aliphatic heterocycles. The predicted octanol–water partition coefficient (Wildman–Crippen LogP) is 5.59. The molecule has 1 aliphatic rings. The first-order chi connectivity index (χ1) is 17.6. The number of nitrogens with one attached hydrogen (secondary N) is 2. The molecule has 3 aromatic rings. The summed E-state index contributed by atoms with van der Waals surface area (Å²) in [5.41, 5.74) is 4.60. The van der Waals surface area contributed by atoms with Crippen LogP contribution in [0.4, 0.5) is 10.5 Å². The maximum Gasteiger partial charge on any atom is 0.321 e. The number of piperazine rings is 1. The maximum atomic E-state index is 13.5. The number of carbonyl (C=O) groups excluding carboxylic acids is 1. The van der Waals surface area contributed by atoms with Crippen molar-refractivity contribution in [2.24, 2.45) is 5.92 Å². The van der Waals surface area contributed by atoms with Crippen LogP contribution in [0.15, 0.2) is 84.9 Å². The van der Waals surface area contributed by atoms with E-state index in [4.69, 9.17) is 0 Å². The average Bonchev–Trinajstić information content (AvgIpc) is 2.91. The molecule has 0 saturated carbocycles. The van der Waals surface area contributed by atoms with Gasteiger partial charge in [0.05, 0.1) is 0 Å². The molecule has 2 amide bonds. The summed E-state index contributed by atoms with van der Waals surface area (Å²) >= 11 is 0. The van der Waals surface area contributed by atoms with E-state index in [2.05, 4.69) is 90.0 Å². The molecule has 0 spiro atoms. The summed E-state index contributed by atoms with van der Waals surface area (Å²) in [7, 11) is 0. The molecule has 1 fully saturated rings. The Bertz CT molecular complexity index is 1010. The lowest BCUT2D eigenvalue weighted by Crippen LogP contribution is -2.47. The van der Waals surface area contributed by atoms with Gasteiger partial charge in [0.1, 0.15) is 0 Å².